The number of carbonyl (C=O) groups is 1. The molecule has 1 N–H and O–H groups in total. The summed E-state index contributed by atoms with van der Waals surface area (Å²) in [4.78, 5) is 15.6. The summed E-state index contributed by atoms with van der Waals surface area (Å²) in [6.07, 6.45) is -5.13. The number of hydrogen-bond donors (Lipinski definition) is 1. The van der Waals surface area contributed by atoms with Crippen LogP contribution in [0.25, 0.3) is 0 Å². The van der Waals surface area contributed by atoms with Gasteiger partial charge in [0.25, 0.3) is 0 Å². The number of nitrogens with zero attached hydrogens (tertiary/aromatic N) is 1. The van der Waals surface area contributed by atoms with Gasteiger partial charge in [0.2, 0.25) is 0 Å². The third-order valence-electron chi connectivity index (χ3n) is 1.96. The molecule has 0 fully saturated rings. The van der Waals surface area contributed by atoms with Crippen molar-refractivity contribution in [3.63, 3.8) is 0 Å². The van der Waals surface area contributed by atoms with E-state index in [9.17, 15) is 18.0 Å². The number of oxime groups is 1. The highest BCUT2D eigenvalue weighted by Crippen LogP contribution is 2.30. The lowest BCUT2D eigenvalue weighted by Gasteiger charge is -2.08. The van der Waals surface area contributed by atoms with Crippen LogP contribution in [0.5, 0.6) is 0 Å². The molecule has 1 amide bonds. The zero-order valence-corrected chi connectivity index (χ0v) is 10.5. The lowest BCUT2D eigenvalue weighted by molar-refractivity contribution is -0.137. The molecule has 104 valence electrons. The van der Waals surface area contributed by atoms with Gasteiger partial charge in [0.1, 0.15) is 5.17 Å². The van der Waals surface area contributed by atoms with E-state index >= 15 is 0 Å². The Balaban J connectivity index is 2.70. The fourth-order valence-corrected chi connectivity index (χ4v) is 1.10. The molecular weight excluding hydrogens is 285 g/mol. The zero-order valence-electron chi connectivity index (χ0n) is 9.79. The molecule has 1 aromatic carbocycles. The number of carbonyl (C=O) groups excluding carboxylic acids is 1. The normalized spacial score (nSPS) is 12.2. The van der Waals surface area contributed by atoms with Crippen molar-refractivity contribution in [2.45, 2.75) is 19.5 Å². The van der Waals surface area contributed by atoms with Gasteiger partial charge in [-0.25, -0.2) is 4.79 Å². The largest absolute Gasteiger partial charge is 0.437 e. The number of benzene rings is 1. The summed E-state index contributed by atoms with van der Waals surface area (Å²) in [6, 6.07) is 4.14. The fourth-order valence-electron chi connectivity index (χ4n) is 1.07. The second-order valence-corrected chi connectivity index (χ2v) is 3.84. The van der Waals surface area contributed by atoms with Gasteiger partial charge in [-0.15, -0.1) is 0 Å². The summed E-state index contributed by atoms with van der Waals surface area (Å²) >= 11 is 5.49. The predicted octanol–water partition coefficient (Wildman–Crippen LogP) is 4.22. The van der Waals surface area contributed by atoms with Crippen molar-refractivity contribution >= 4 is 28.6 Å². The molecule has 4 nitrogen and oxygen atoms in total. The minimum atomic E-state index is -4.48. The molecule has 0 spiro atoms. The molecule has 0 saturated heterocycles. The molecule has 0 heterocycles. The predicted molar refractivity (Wildman–Crippen MR) is 65.1 cm³/mol. The molecule has 0 saturated carbocycles. The van der Waals surface area contributed by atoms with E-state index in [4.69, 9.17) is 11.6 Å². The number of rotatable bonds is 3. The van der Waals surface area contributed by atoms with Gasteiger partial charge in [-0.2, -0.15) is 13.2 Å². The van der Waals surface area contributed by atoms with Crippen LogP contribution in [0.2, 0.25) is 0 Å². The Hall–Kier alpha value is -1.76. The smallest absolute Gasteiger partial charge is 0.297 e. The maximum absolute atomic E-state index is 12.4. The zero-order chi connectivity index (χ0) is 14.5. The molecule has 0 aliphatic carbocycles. The van der Waals surface area contributed by atoms with Crippen LogP contribution in [-0.2, 0) is 11.0 Å². The van der Waals surface area contributed by atoms with Gasteiger partial charge in [0.15, 0.2) is 0 Å². The van der Waals surface area contributed by atoms with Crippen molar-refractivity contribution in [1.29, 1.82) is 0 Å². The lowest BCUT2D eigenvalue weighted by Crippen LogP contribution is -2.12. The molecule has 1 aromatic rings. The van der Waals surface area contributed by atoms with Crippen LogP contribution in [0, 0.1) is 0 Å². The van der Waals surface area contributed by atoms with Crippen molar-refractivity contribution in [3.05, 3.63) is 29.8 Å². The number of halogens is 4. The Morgan fingerprint density at radius 1 is 1.47 bits per heavy atom. The third kappa shape index (κ3) is 5.17. The molecule has 19 heavy (non-hydrogen) atoms. The first kappa shape index (κ1) is 15.3. The Bertz CT molecular complexity index is 489. The van der Waals surface area contributed by atoms with Gasteiger partial charge in [0, 0.05) is 12.1 Å². The molecule has 0 atom stereocenters. The number of alkyl halides is 3. The van der Waals surface area contributed by atoms with Gasteiger partial charge in [-0.05, 0) is 18.2 Å². The van der Waals surface area contributed by atoms with Crippen LogP contribution in [0.4, 0.5) is 23.7 Å². The van der Waals surface area contributed by atoms with Gasteiger partial charge < -0.3 is 0 Å². The molecule has 0 bridgehead atoms. The molecular formula is C11H10ClF3N2O2. The van der Waals surface area contributed by atoms with Crippen LogP contribution in [-0.4, -0.2) is 11.3 Å². The molecule has 0 aromatic heterocycles. The Morgan fingerprint density at radius 3 is 2.74 bits per heavy atom. The van der Waals surface area contributed by atoms with Crippen LogP contribution in [0.15, 0.2) is 29.4 Å². The maximum Gasteiger partial charge on any atom is 0.437 e. The summed E-state index contributed by atoms with van der Waals surface area (Å²) in [7, 11) is 0. The lowest BCUT2D eigenvalue weighted by atomic mass is 10.2. The number of anilines is 1. The third-order valence-corrected chi connectivity index (χ3v) is 2.29. The van der Waals surface area contributed by atoms with E-state index in [0.29, 0.717) is 6.42 Å². The van der Waals surface area contributed by atoms with Crippen molar-refractivity contribution in [2.75, 3.05) is 5.32 Å². The highest BCUT2D eigenvalue weighted by atomic mass is 35.5. The number of hydrogen-bond acceptors (Lipinski definition) is 3. The Labute approximate surface area is 112 Å². The van der Waals surface area contributed by atoms with Crippen LogP contribution < -0.4 is 5.32 Å². The minimum Gasteiger partial charge on any atom is -0.297 e. The summed E-state index contributed by atoms with van der Waals surface area (Å²) < 4.78 is 37.3. The first-order chi connectivity index (χ1) is 8.82. The standard InChI is InChI=1S/C11H10ClF3N2O2/c1-2-9(12)17-19-10(18)16-8-5-3-4-7(6-8)11(13,14)15/h3-6H,2H2,1H3,(H,16,18). The Morgan fingerprint density at radius 2 is 2.16 bits per heavy atom. The average molecular weight is 295 g/mol. The number of nitrogens with one attached hydrogen (secondary N) is 1. The van der Waals surface area contributed by atoms with E-state index in [1.165, 1.54) is 12.1 Å². The highest BCUT2D eigenvalue weighted by molar-refractivity contribution is 6.65. The summed E-state index contributed by atoms with van der Waals surface area (Å²) in [6.45, 7) is 1.69. The summed E-state index contributed by atoms with van der Waals surface area (Å²) in [5, 5.41) is 5.43. The highest BCUT2D eigenvalue weighted by Gasteiger charge is 2.30. The average Bonchev–Trinajstić information content (AvgIpc) is 2.35. The van der Waals surface area contributed by atoms with E-state index in [2.05, 4.69) is 15.3 Å². The molecule has 0 radical (unpaired) electrons. The van der Waals surface area contributed by atoms with Crippen molar-refractivity contribution in [2.24, 2.45) is 5.16 Å². The first-order valence-corrected chi connectivity index (χ1v) is 5.58. The van der Waals surface area contributed by atoms with Crippen LogP contribution in [0.3, 0.4) is 0 Å². The van der Waals surface area contributed by atoms with E-state index in [-0.39, 0.29) is 10.9 Å². The monoisotopic (exact) mass is 294 g/mol. The molecule has 0 unspecified atom stereocenters. The maximum atomic E-state index is 12.4. The minimum absolute atomic E-state index is 0.0531. The number of amides is 1. The molecule has 0 aliphatic rings. The van der Waals surface area contributed by atoms with Crippen molar-refractivity contribution in [1.82, 2.24) is 0 Å². The Kier molecular flexibility index (Phi) is 5.17. The second kappa shape index (κ2) is 6.42. The van der Waals surface area contributed by atoms with Crippen molar-refractivity contribution in [3.8, 4) is 0 Å². The molecule has 1 rings (SSSR count). The second-order valence-electron chi connectivity index (χ2n) is 3.40. The first-order valence-electron chi connectivity index (χ1n) is 5.20. The van der Waals surface area contributed by atoms with Crippen LogP contribution >= 0.6 is 11.6 Å². The van der Waals surface area contributed by atoms with Gasteiger partial charge >= 0.3 is 12.3 Å². The van der Waals surface area contributed by atoms with Gasteiger partial charge in [-0.3, -0.25) is 10.2 Å². The van der Waals surface area contributed by atoms with E-state index in [1.54, 1.807) is 6.92 Å². The van der Waals surface area contributed by atoms with E-state index in [1.807, 2.05) is 0 Å². The summed E-state index contributed by atoms with van der Waals surface area (Å²) in [5.41, 5.74) is -0.928. The SMILES string of the molecule is CCC(Cl)=NOC(=O)Nc1cccc(C(F)(F)F)c1. The topological polar surface area (TPSA) is 50.7 Å². The summed E-state index contributed by atoms with van der Waals surface area (Å²) in [5.74, 6) is 0. The van der Waals surface area contributed by atoms with Crippen LogP contribution in [0.1, 0.15) is 18.9 Å². The quantitative estimate of drug-likeness (QED) is 0.515. The van der Waals surface area contributed by atoms with Gasteiger partial charge in [0.05, 0.1) is 5.56 Å². The van der Waals surface area contributed by atoms with E-state index < -0.39 is 17.8 Å². The fraction of sp³-hybridized carbons (Fsp3) is 0.273. The molecule has 0 aliphatic heterocycles. The van der Waals surface area contributed by atoms with Crippen molar-refractivity contribution < 1.29 is 22.8 Å². The van der Waals surface area contributed by atoms with Gasteiger partial charge in [-0.1, -0.05) is 29.7 Å². The van der Waals surface area contributed by atoms with E-state index in [0.717, 1.165) is 12.1 Å². The molecule has 8 heteroatoms.